The summed E-state index contributed by atoms with van der Waals surface area (Å²) in [6, 6.07) is 11.7. The third kappa shape index (κ3) is 5.11. The predicted octanol–water partition coefficient (Wildman–Crippen LogP) is 4.83. The predicted molar refractivity (Wildman–Crippen MR) is 124 cm³/mol. The molecule has 32 heavy (non-hydrogen) atoms. The fourth-order valence-corrected chi connectivity index (χ4v) is 3.24. The Hall–Kier alpha value is -3.74. The molecule has 2 amide bonds. The number of pyridine rings is 1. The van der Waals surface area contributed by atoms with Crippen LogP contribution in [0.15, 0.2) is 72.0 Å². The molecule has 7 heteroatoms. The van der Waals surface area contributed by atoms with Gasteiger partial charge in [0, 0.05) is 35.1 Å². The first-order chi connectivity index (χ1) is 15.2. The molecule has 7 nitrogen and oxygen atoms in total. The molecule has 0 saturated carbocycles. The maximum atomic E-state index is 13.5. The molecule has 0 spiro atoms. The van der Waals surface area contributed by atoms with E-state index in [0.717, 1.165) is 18.1 Å². The van der Waals surface area contributed by atoms with Crippen molar-refractivity contribution in [2.75, 3.05) is 10.2 Å². The van der Waals surface area contributed by atoms with Gasteiger partial charge in [-0.15, -0.1) is 0 Å². The van der Waals surface area contributed by atoms with Gasteiger partial charge in [0.15, 0.2) is 5.82 Å². The fraction of sp³-hybridized carbons (Fsp3) is 0.280. The van der Waals surface area contributed by atoms with Crippen LogP contribution in [0.25, 0.3) is 0 Å². The van der Waals surface area contributed by atoms with Crippen molar-refractivity contribution in [3.63, 3.8) is 0 Å². The maximum absolute atomic E-state index is 13.5. The Bertz CT molecular complexity index is 1100. The minimum Gasteiger partial charge on any atom is -0.359 e. The lowest BCUT2D eigenvalue weighted by atomic mass is 9.93. The van der Waals surface area contributed by atoms with Gasteiger partial charge in [-0.3, -0.25) is 19.5 Å². The second kappa shape index (κ2) is 9.60. The van der Waals surface area contributed by atoms with E-state index in [-0.39, 0.29) is 11.2 Å². The van der Waals surface area contributed by atoms with Gasteiger partial charge in [-0.2, -0.15) is 0 Å². The summed E-state index contributed by atoms with van der Waals surface area (Å²) in [5, 5.41) is 7.03. The minimum atomic E-state index is -1.03. The van der Waals surface area contributed by atoms with E-state index in [1.165, 1.54) is 4.90 Å². The van der Waals surface area contributed by atoms with Gasteiger partial charge in [-0.05, 0) is 36.3 Å². The number of aromatic nitrogens is 2. The summed E-state index contributed by atoms with van der Waals surface area (Å²) in [4.78, 5) is 31.9. The highest BCUT2D eigenvalue weighted by molar-refractivity contribution is 6.08. The van der Waals surface area contributed by atoms with Crippen LogP contribution in [-0.4, -0.2) is 22.0 Å². The second-order valence-electron chi connectivity index (χ2n) is 8.44. The summed E-state index contributed by atoms with van der Waals surface area (Å²) in [6.45, 7) is 11.6. The molecular weight excluding hydrogens is 404 g/mol. The molecule has 3 rings (SSSR count). The van der Waals surface area contributed by atoms with E-state index in [1.807, 2.05) is 52.0 Å². The number of nitrogens with one attached hydrogen (secondary N) is 1. The van der Waals surface area contributed by atoms with E-state index in [2.05, 4.69) is 22.0 Å². The molecular formula is C25H28N4O3. The number of benzene rings is 1. The summed E-state index contributed by atoms with van der Waals surface area (Å²) >= 11 is 0. The average Bonchev–Trinajstić information content (AvgIpc) is 3.28. The molecule has 0 aliphatic heterocycles. The molecule has 0 saturated heterocycles. The van der Waals surface area contributed by atoms with E-state index in [9.17, 15) is 9.59 Å². The molecule has 1 atom stereocenters. The minimum absolute atomic E-state index is 0.228. The molecule has 166 valence electrons. The van der Waals surface area contributed by atoms with Crippen molar-refractivity contribution in [1.29, 1.82) is 0 Å². The Balaban J connectivity index is 2.07. The lowest BCUT2D eigenvalue weighted by Crippen LogP contribution is -2.41. The molecule has 3 aromatic rings. The maximum Gasteiger partial charge on any atom is 0.252 e. The van der Waals surface area contributed by atoms with Crippen molar-refractivity contribution in [2.45, 2.75) is 45.6 Å². The molecule has 1 aromatic carbocycles. The fourth-order valence-electron chi connectivity index (χ4n) is 3.24. The van der Waals surface area contributed by atoms with Gasteiger partial charge in [0.05, 0.1) is 0 Å². The topological polar surface area (TPSA) is 88.3 Å². The number of carbonyl (C=O) groups excluding carboxylic acids is 2. The SMILES string of the molecule is C=CC(=O)N(c1cc(C(C)(C)C)on1)C(C(=O)Nc1cccc(CC)c1)c1cccnc1. The van der Waals surface area contributed by atoms with E-state index in [4.69, 9.17) is 4.52 Å². The van der Waals surface area contributed by atoms with Crippen molar-refractivity contribution in [1.82, 2.24) is 10.1 Å². The smallest absolute Gasteiger partial charge is 0.252 e. The number of rotatable bonds is 7. The highest BCUT2D eigenvalue weighted by Gasteiger charge is 2.35. The quantitative estimate of drug-likeness (QED) is 0.540. The van der Waals surface area contributed by atoms with E-state index >= 15 is 0 Å². The van der Waals surface area contributed by atoms with Crippen molar-refractivity contribution in [3.8, 4) is 0 Å². The van der Waals surface area contributed by atoms with Crippen molar-refractivity contribution in [3.05, 3.63) is 84.4 Å². The van der Waals surface area contributed by atoms with Crippen LogP contribution in [0.5, 0.6) is 0 Å². The van der Waals surface area contributed by atoms with Gasteiger partial charge in [-0.1, -0.05) is 57.6 Å². The normalized spacial score (nSPS) is 12.1. The zero-order valence-electron chi connectivity index (χ0n) is 18.8. The monoisotopic (exact) mass is 432 g/mol. The first-order valence-electron chi connectivity index (χ1n) is 10.5. The van der Waals surface area contributed by atoms with Gasteiger partial charge in [-0.25, -0.2) is 0 Å². The number of anilines is 2. The van der Waals surface area contributed by atoms with Crippen LogP contribution >= 0.6 is 0 Å². The second-order valence-corrected chi connectivity index (χ2v) is 8.44. The Labute approximate surface area is 188 Å². The Morgan fingerprint density at radius 2 is 2.00 bits per heavy atom. The van der Waals surface area contributed by atoms with Crippen LogP contribution in [0.2, 0.25) is 0 Å². The lowest BCUT2D eigenvalue weighted by molar-refractivity contribution is -0.121. The van der Waals surface area contributed by atoms with Gasteiger partial charge in [0.25, 0.3) is 11.8 Å². The average molecular weight is 433 g/mol. The van der Waals surface area contributed by atoms with E-state index in [0.29, 0.717) is 17.0 Å². The van der Waals surface area contributed by atoms with Crippen LogP contribution in [0.3, 0.4) is 0 Å². The standard InChI is InChI=1S/C25H28N4O3/c1-6-17-10-8-12-19(14-17)27-24(31)23(18-11-9-13-26-16-18)29(22(30)7-2)21-15-20(32-28-21)25(3,4)5/h7-16,23H,2,6H2,1,3-5H3,(H,27,31). The Morgan fingerprint density at radius 1 is 1.22 bits per heavy atom. The van der Waals surface area contributed by atoms with Crippen molar-refractivity contribution >= 4 is 23.3 Å². The van der Waals surface area contributed by atoms with Gasteiger partial charge < -0.3 is 9.84 Å². The van der Waals surface area contributed by atoms with Crippen LogP contribution in [0, 0.1) is 0 Å². The van der Waals surface area contributed by atoms with Gasteiger partial charge >= 0.3 is 0 Å². The van der Waals surface area contributed by atoms with Crippen LogP contribution in [-0.2, 0) is 21.4 Å². The number of amides is 2. The molecule has 2 aromatic heterocycles. The molecule has 0 aliphatic carbocycles. The van der Waals surface area contributed by atoms with Gasteiger partial charge in [0.1, 0.15) is 11.8 Å². The molecule has 1 unspecified atom stereocenters. The highest BCUT2D eigenvalue weighted by atomic mass is 16.5. The van der Waals surface area contributed by atoms with Crippen molar-refractivity contribution < 1.29 is 14.1 Å². The molecule has 0 bridgehead atoms. The number of hydrogen-bond acceptors (Lipinski definition) is 5. The molecule has 1 N–H and O–H groups in total. The Morgan fingerprint density at radius 3 is 2.59 bits per heavy atom. The van der Waals surface area contributed by atoms with Crippen LogP contribution in [0.4, 0.5) is 11.5 Å². The first-order valence-corrected chi connectivity index (χ1v) is 10.5. The van der Waals surface area contributed by atoms with Gasteiger partial charge in [0.2, 0.25) is 0 Å². The largest absolute Gasteiger partial charge is 0.359 e. The summed E-state index contributed by atoms with van der Waals surface area (Å²) in [5.74, 6) is -0.0617. The van der Waals surface area contributed by atoms with E-state index in [1.54, 1.807) is 30.6 Å². The lowest BCUT2D eigenvalue weighted by Gasteiger charge is -2.28. The number of hydrogen-bond donors (Lipinski definition) is 1. The molecule has 0 radical (unpaired) electrons. The highest BCUT2D eigenvalue weighted by Crippen LogP contribution is 2.32. The van der Waals surface area contributed by atoms with E-state index < -0.39 is 17.9 Å². The first kappa shape index (κ1) is 22.9. The summed E-state index contributed by atoms with van der Waals surface area (Å²) in [6.07, 6.45) is 5.16. The third-order valence-electron chi connectivity index (χ3n) is 5.01. The Kier molecular flexibility index (Phi) is 6.88. The zero-order valence-corrected chi connectivity index (χ0v) is 18.8. The number of aryl methyl sites for hydroxylation is 1. The van der Waals surface area contributed by atoms with Crippen molar-refractivity contribution in [2.24, 2.45) is 0 Å². The summed E-state index contributed by atoms with van der Waals surface area (Å²) < 4.78 is 5.49. The molecule has 0 fully saturated rings. The number of carbonyl (C=O) groups is 2. The summed E-state index contributed by atoms with van der Waals surface area (Å²) in [7, 11) is 0. The summed E-state index contributed by atoms with van der Waals surface area (Å²) in [5.41, 5.74) is 1.95. The molecule has 0 aliphatic rings. The third-order valence-corrected chi connectivity index (χ3v) is 5.01. The van der Waals surface area contributed by atoms with Crippen LogP contribution < -0.4 is 10.2 Å². The zero-order chi connectivity index (χ0) is 23.3. The molecule has 2 heterocycles. The van der Waals surface area contributed by atoms with Crippen LogP contribution in [0.1, 0.15) is 50.6 Å². The number of nitrogens with zero attached hydrogens (tertiary/aromatic N) is 3.